The Labute approximate surface area is 107 Å². The number of para-hydroxylation sites is 1. The van der Waals surface area contributed by atoms with Crippen LogP contribution in [0.15, 0.2) is 30.5 Å². The predicted molar refractivity (Wildman–Crippen MR) is 75.7 cm³/mol. The minimum Gasteiger partial charge on any atom is -0.397 e. The molecule has 96 valence electrons. The molecule has 0 bridgehead atoms. The molecule has 0 aliphatic heterocycles. The Bertz CT molecular complexity index is 527. The fraction of sp³-hybridized carbons (Fsp3) is 0.357. The normalized spacial score (nSPS) is 10.8. The molecule has 1 aromatic carbocycles. The molecular weight excluding hydrogens is 226 g/mol. The van der Waals surface area contributed by atoms with Crippen molar-refractivity contribution in [2.24, 2.45) is 0 Å². The molecule has 0 saturated heterocycles. The molecular formula is C14H19N3O. The first-order chi connectivity index (χ1) is 8.77. The lowest BCUT2D eigenvalue weighted by atomic mass is 10.1. The molecule has 0 amide bonds. The number of hydrogen-bond donors (Lipinski definition) is 2. The second kappa shape index (κ2) is 5.69. The van der Waals surface area contributed by atoms with Crippen molar-refractivity contribution in [3.63, 3.8) is 0 Å². The first kappa shape index (κ1) is 12.6. The van der Waals surface area contributed by atoms with Crippen LogP contribution in [0.2, 0.25) is 0 Å². The molecule has 0 atom stereocenters. The Morgan fingerprint density at radius 1 is 1.33 bits per heavy atom. The molecule has 0 aliphatic carbocycles. The van der Waals surface area contributed by atoms with Gasteiger partial charge in [-0.25, -0.2) is 0 Å². The smallest absolute Gasteiger partial charge is 0.0951 e. The van der Waals surface area contributed by atoms with E-state index in [-0.39, 0.29) is 6.61 Å². The number of anilines is 2. The second-order valence-corrected chi connectivity index (χ2v) is 4.23. The maximum absolute atomic E-state index is 8.96. The quantitative estimate of drug-likeness (QED) is 0.791. The number of fused-ring (bicyclic) bond motifs is 1. The topological polar surface area (TPSA) is 62.4 Å². The van der Waals surface area contributed by atoms with Gasteiger partial charge in [-0.1, -0.05) is 12.1 Å². The highest BCUT2D eigenvalue weighted by atomic mass is 16.3. The molecule has 2 aromatic rings. The van der Waals surface area contributed by atoms with E-state index in [1.807, 2.05) is 24.3 Å². The first-order valence-corrected chi connectivity index (χ1v) is 6.27. The zero-order valence-corrected chi connectivity index (χ0v) is 10.6. The number of aliphatic hydroxyl groups is 1. The molecule has 0 aliphatic rings. The van der Waals surface area contributed by atoms with E-state index in [9.17, 15) is 0 Å². The van der Waals surface area contributed by atoms with E-state index in [0.29, 0.717) is 5.69 Å². The SMILES string of the molecule is CCN(CCCO)c1ccnc2c(N)cccc12. The van der Waals surface area contributed by atoms with E-state index in [1.165, 1.54) is 0 Å². The van der Waals surface area contributed by atoms with Crippen molar-refractivity contribution in [3.05, 3.63) is 30.5 Å². The first-order valence-electron chi connectivity index (χ1n) is 6.27. The summed E-state index contributed by atoms with van der Waals surface area (Å²) in [5.74, 6) is 0. The summed E-state index contributed by atoms with van der Waals surface area (Å²) >= 11 is 0. The maximum Gasteiger partial charge on any atom is 0.0951 e. The number of nitrogens with zero attached hydrogens (tertiary/aromatic N) is 2. The zero-order chi connectivity index (χ0) is 13.0. The summed E-state index contributed by atoms with van der Waals surface area (Å²) in [6.07, 6.45) is 2.55. The Morgan fingerprint density at radius 3 is 2.89 bits per heavy atom. The summed E-state index contributed by atoms with van der Waals surface area (Å²) in [5.41, 5.74) is 8.62. The van der Waals surface area contributed by atoms with Crippen molar-refractivity contribution in [2.75, 3.05) is 30.3 Å². The van der Waals surface area contributed by atoms with Crippen molar-refractivity contribution in [1.82, 2.24) is 4.98 Å². The van der Waals surface area contributed by atoms with Crippen LogP contribution >= 0.6 is 0 Å². The number of aromatic nitrogens is 1. The molecule has 0 unspecified atom stereocenters. The lowest BCUT2D eigenvalue weighted by Gasteiger charge is -2.24. The Hall–Kier alpha value is -1.81. The molecule has 4 nitrogen and oxygen atoms in total. The lowest BCUT2D eigenvalue weighted by molar-refractivity contribution is 0.289. The molecule has 1 aromatic heterocycles. The number of pyridine rings is 1. The maximum atomic E-state index is 8.96. The van der Waals surface area contributed by atoms with Crippen LogP contribution in [0.1, 0.15) is 13.3 Å². The second-order valence-electron chi connectivity index (χ2n) is 4.23. The highest BCUT2D eigenvalue weighted by Crippen LogP contribution is 2.28. The lowest BCUT2D eigenvalue weighted by Crippen LogP contribution is -2.24. The average molecular weight is 245 g/mol. The van der Waals surface area contributed by atoms with E-state index in [4.69, 9.17) is 10.8 Å². The van der Waals surface area contributed by atoms with Gasteiger partial charge in [-0.3, -0.25) is 4.98 Å². The summed E-state index contributed by atoms with van der Waals surface area (Å²) in [5, 5.41) is 10.0. The van der Waals surface area contributed by atoms with E-state index in [0.717, 1.165) is 36.1 Å². The van der Waals surface area contributed by atoms with Crippen LogP contribution in [0.4, 0.5) is 11.4 Å². The minimum atomic E-state index is 0.210. The fourth-order valence-corrected chi connectivity index (χ4v) is 2.17. The highest BCUT2D eigenvalue weighted by molar-refractivity contribution is 5.97. The van der Waals surface area contributed by atoms with Gasteiger partial charge < -0.3 is 15.7 Å². The minimum absolute atomic E-state index is 0.210. The molecule has 0 radical (unpaired) electrons. The van der Waals surface area contributed by atoms with Crippen molar-refractivity contribution in [3.8, 4) is 0 Å². The third-order valence-corrected chi connectivity index (χ3v) is 3.09. The average Bonchev–Trinajstić information content (AvgIpc) is 2.40. The summed E-state index contributed by atoms with van der Waals surface area (Å²) < 4.78 is 0. The monoisotopic (exact) mass is 245 g/mol. The van der Waals surface area contributed by atoms with Crippen LogP contribution in [-0.4, -0.2) is 29.8 Å². The number of rotatable bonds is 5. The van der Waals surface area contributed by atoms with Crippen molar-refractivity contribution in [2.45, 2.75) is 13.3 Å². The third kappa shape index (κ3) is 2.38. The van der Waals surface area contributed by atoms with Gasteiger partial charge in [-0.15, -0.1) is 0 Å². The summed E-state index contributed by atoms with van der Waals surface area (Å²) in [4.78, 5) is 6.57. The fourth-order valence-electron chi connectivity index (χ4n) is 2.17. The predicted octanol–water partition coefficient (Wildman–Crippen LogP) is 2.03. The van der Waals surface area contributed by atoms with Crippen LogP contribution in [0.5, 0.6) is 0 Å². The molecule has 0 saturated carbocycles. The van der Waals surface area contributed by atoms with Crippen LogP contribution in [0, 0.1) is 0 Å². The van der Waals surface area contributed by atoms with Crippen molar-refractivity contribution in [1.29, 1.82) is 0 Å². The van der Waals surface area contributed by atoms with Gasteiger partial charge in [0.2, 0.25) is 0 Å². The van der Waals surface area contributed by atoms with Gasteiger partial charge in [-0.05, 0) is 25.5 Å². The van der Waals surface area contributed by atoms with E-state index in [2.05, 4.69) is 16.8 Å². The molecule has 2 rings (SSSR count). The van der Waals surface area contributed by atoms with Gasteiger partial charge in [-0.2, -0.15) is 0 Å². The highest BCUT2D eigenvalue weighted by Gasteiger charge is 2.09. The van der Waals surface area contributed by atoms with Crippen LogP contribution in [0.25, 0.3) is 10.9 Å². The van der Waals surface area contributed by atoms with Gasteiger partial charge in [0, 0.05) is 37.0 Å². The third-order valence-electron chi connectivity index (χ3n) is 3.09. The van der Waals surface area contributed by atoms with E-state index in [1.54, 1.807) is 6.20 Å². The van der Waals surface area contributed by atoms with E-state index >= 15 is 0 Å². The molecule has 4 heteroatoms. The zero-order valence-electron chi connectivity index (χ0n) is 10.6. The Balaban J connectivity index is 2.46. The van der Waals surface area contributed by atoms with Gasteiger partial charge in [0.05, 0.1) is 11.2 Å². The van der Waals surface area contributed by atoms with Crippen molar-refractivity contribution >= 4 is 22.3 Å². The molecule has 0 spiro atoms. The molecule has 18 heavy (non-hydrogen) atoms. The summed E-state index contributed by atoms with van der Waals surface area (Å²) in [6.45, 7) is 4.05. The number of aliphatic hydroxyl groups excluding tert-OH is 1. The van der Waals surface area contributed by atoms with Crippen LogP contribution in [0.3, 0.4) is 0 Å². The molecule has 0 fully saturated rings. The summed E-state index contributed by atoms with van der Waals surface area (Å²) in [6, 6.07) is 7.85. The van der Waals surface area contributed by atoms with E-state index < -0.39 is 0 Å². The van der Waals surface area contributed by atoms with Crippen LogP contribution in [-0.2, 0) is 0 Å². The number of nitrogens with two attached hydrogens (primary N) is 1. The standard InChI is InChI=1S/C14H19N3O/c1-2-17(9-4-10-18)13-7-8-16-14-11(13)5-3-6-12(14)15/h3,5-8,18H,2,4,9-10,15H2,1H3. The number of nitrogen functional groups attached to an aromatic ring is 1. The van der Waals surface area contributed by atoms with Gasteiger partial charge in [0.25, 0.3) is 0 Å². The van der Waals surface area contributed by atoms with Crippen molar-refractivity contribution < 1.29 is 5.11 Å². The summed E-state index contributed by atoms with van der Waals surface area (Å²) in [7, 11) is 0. The number of benzene rings is 1. The number of hydrogen-bond acceptors (Lipinski definition) is 4. The molecule has 1 heterocycles. The van der Waals surface area contributed by atoms with Crippen LogP contribution < -0.4 is 10.6 Å². The largest absolute Gasteiger partial charge is 0.397 e. The van der Waals surface area contributed by atoms with Gasteiger partial charge in [0.1, 0.15) is 0 Å². The molecule has 3 N–H and O–H groups in total. The Kier molecular flexibility index (Phi) is 3.99. The van der Waals surface area contributed by atoms with Gasteiger partial charge in [0.15, 0.2) is 0 Å². The Morgan fingerprint density at radius 2 is 2.17 bits per heavy atom. The van der Waals surface area contributed by atoms with Gasteiger partial charge >= 0.3 is 0 Å².